The van der Waals surface area contributed by atoms with E-state index in [9.17, 15) is 9.59 Å². The third-order valence-electron chi connectivity index (χ3n) is 4.45. The van der Waals surface area contributed by atoms with Crippen molar-refractivity contribution in [2.45, 2.75) is 5.92 Å². The van der Waals surface area contributed by atoms with Crippen LogP contribution in [0.1, 0.15) is 22.1 Å². The van der Waals surface area contributed by atoms with Crippen LogP contribution in [0.2, 0.25) is 0 Å². The maximum absolute atomic E-state index is 12.4. The molecular formula is C15H18N6O3S. The fraction of sp³-hybridized carbons (Fsp3) is 0.467. The van der Waals surface area contributed by atoms with Crippen molar-refractivity contribution < 1.29 is 14.3 Å². The van der Waals surface area contributed by atoms with Crippen LogP contribution in [0.3, 0.4) is 0 Å². The minimum absolute atomic E-state index is 0.0329. The van der Waals surface area contributed by atoms with Crippen molar-refractivity contribution in [1.29, 1.82) is 0 Å². The lowest BCUT2D eigenvalue weighted by Gasteiger charge is -2.42. The predicted octanol–water partition coefficient (Wildman–Crippen LogP) is 0.462. The van der Waals surface area contributed by atoms with Gasteiger partial charge in [0.05, 0.1) is 24.4 Å². The number of rotatable bonds is 2. The molecule has 2 aromatic heterocycles. The highest BCUT2D eigenvalue weighted by molar-refractivity contribution is 7.07. The van der Waals surface area contributed by atoms with Crippen molar-refractivity contribution in [1.82, 2.24) is 24.6 Å². The van der Waals surface area contributed by atoms with E-state index in [-0.39, 0.29) is 23.7 Å². The van der Waals surface area contributed by atoms with E-state index in [0.717, 1.165) is 5.69 Å². The highest BCUT2D eigenvalue weighted by Gasteiger charge is 2.36. The Bertz CT molecular complexity index is 777. The van der Waals surface area contributed by atoms with Crippen LogP contribution >= 0.6 is 11.3 Å². The second kappa shape index (κ2) is 6.45. The second-order valence-electron chi connectivity index (χ2n) is 6.07. The number of aromatic nitrogens is 3. The lowest BCUT2D eigenvalue weighted by molar-refractivity contribution is 0.0346. The number of urea groups is 1. The van der Waals surface area contributed by atoms with Gasteiger partial charge in [-0.1, -0.05) is 0 Å². The van der Waals surface area contributed by atoms with E-state index in [1.54, 1.807) is 26.8 Å². The maximum Gasteiger partial charge on any atom is 0.320 e. The smallest absolute Gasteiger partial charge is 0.320 e. The first kappa shape index (κ1) is 16.0. The van der Waals surface area contributed by atoms with Crippen molar-refractivity contribution in [3.8, 4) is 0 Å². The Balaban J connectivity index is 1.40. The molecule has 4 rings (SSSR count). The number of likely N-dealkylation sites (tertiary alicyclic amines) is 1. The minimum Gasteiger partial charge on any atom is -0.383 e. The van der Waals surface area contributed by atoms with Gasteiger partial charge in [0.25, 0.3) is 5.91 Å². The molecule has 25 heavy (non-hydrogen) atoms. The number of hydrogen-bond donors (Lipinski definition) is 1. The first-order valence-corrected chi connectivity index (χ1v) is 8.97. The van der Waals surface area contributed by atoms with E-state index < -0.39 is 0 Å². The molecule has 0 spiro atoms. The molecule has 0 bridgehead atoms. The highest BCUT2D eigenvalue weighted by Crippen LogP contribution is 2.28. The molecule has 10 heteroatoms. The number of thiazole rings is 1. The molecule has 2 aliphatic heterocycles. The number of nitrogens with zero attached hydrogens (tertiary/aromatic N) is 5. The predicted molar refractivity (Wildman–Crippen MR) is 90.6 cm³/mol. The van der Waals surface area contributed by atoms with Crippen molar-refractivity contribution in [3.63, 3.8) is 0 Å². The summed E-state index contributed by atoms with van der Waals surface area (Å²) in [7, 11) is 0. The Morgan fingerprint density at radius 1 is 1.24 bits per heavy atom. The summed E-state index contributed by atoms with van der Waals surface area (Å²) in [4.78, 5) is 32.3. The molecule has 2 N–H and O–H groups in total. The van der Waals surface area contributed by atoms with Crippen molar-refractivity contribution >= 4 is 29.1 Å². The molecule has 2 amide bonds. The summed E-state index contributed by atoms with van der Waals surface area (Å²) in [6, 6.07) is 1.73. The van der Waals surface area contributed by atoms with Gasteiger partial charge in [-0.05, 0) is 0 Å². The average molecular weight is 362 g/mol. The molecule has 0 unspecified atom stereocenters. The summed E-state index contributed by atoms with van der Waals surface area (Å²) in [5, 5.41) is 5.99. The number of carbonyl (C=O) groups excluding carboxylic acids is 2. The molecule has 2 saturated heterocycles. The molecule has 4 heterocycles. The lowest BCUT2D eigenvalue weighted by atomic mass is 9.97. The lowest BCUT2D eigenvalue weighted by Crippen LogP contribution is -2.56. The van der Waals surface area contributed by atoms with Crippen molar-refractivity contribution in [2.24, 2.45) is 0 Å². The van der Waals surface area contributed by atoms with E-state index in [0.29, 0.717) is 45.1 Å². The van der Waals surface area contributed by atoms with Crippen LogP contribution in [0.15, 0.2) is 17.0 Å². The molecule has 0 radical (unpaired) electrons. The van der Waals surface area contributed by atoms with Gasteiger partial charge in [-0.3, -0.25) is 4.79 Å². The van der Waals surface area contributed by atoms with Crippen LogP contribution in [0.25, 0.3) is 0 Å². The fourth-order valence-corrected chi connectivity index (χ4v) is 3.51. The molecule has 0 atom stereocenters. The molecule has 0 aliphatic carbocycles. The van der Waals surface area contributed by atoms with E-state index in [2.05, 4.69) is 10.1 Å². The van der Waals surface area contributed by atoms with Gasteiger partial charge in [-0.15, -0.1) is 11.3 Å². The van der Waals surface area contributed by atoms with E-state index in [4.69, 9.17) is 10.5 Å². The van der Waals surface area contributed by atoms with Gasteiger partial charge < -0.3 is 20.3 Å². The molecule has 2 fully saturated rings. The molecule has 9 nitrogen and oxygen atoms in total. The summed E-state index contributed by atoms with van der Waals surface area (Å²) in [6.45, 7) is 3.59. The maximum atomic E-state index is 12.4. The van der Waals surface area contributed by atoms with Crippen LogP contribution in [0, 0.1) is 0 Å². The normalized spacial score (nSPS) is 18.2. The number of amides is 2. The van der Waals surface area contributed by atoms with Gasteiger partial charge in [0.2, 0.25) is 0 Å². The van der Waals surface area contributed by atoms with Gasteiger partial charge in [0.1, 0.15) is 11.5 Å². The first-order chi connectivity index (χ1) is 12.1. The second-order valence-corrected chi connectivity index (χ2v) is 6.79. The van der Waals surface area contributed by atoms with Crippen LogP contribution in [0.5, 0.6) is 0 Å². The summed E-state index contributed by atoms with van der Waals surface area (Å²) < 4.78 is 6.44. The Labute approximate surface area is 148 Å². The molecule has 132 valence electrons. The zero-order valence-electron chi connectivity index (χ0n) is 13.5. The monoisotopic (exact) mass is 362 g/mol. The van der Waals surface area contributed by atoms with E-state index in [1.165, 1.54) is 16.0 Å². The number of carbonyl (C=O) groups is 2. The van der Waals surface area contributed by atoms with Crippen LogP contribution < -0.4 is 5.73 Å². The van der Waals surface area contributed by atoms with Crippen LogP contribution in [-0.2, 0) is 4.74 Å². The topological polar surface area (TPSA) is 107 Å². The highest BCUT2D eigenvalue weighted by atomic mass is 32.1. The molecule has 2 aliphatic rings. The Morgan fingerprint density at radius 3 is 2.68 bits per heavy atom. The first-order valence-electron chi connectivity index (χ1n) is 8.03. The van der Waals surface area contributed by atoms with E-state index >= 15 is 0 Å². The summed E-state index contributed by atoms with van der Waals surface area (Å²) in [6.07, 6.45) is 0. The summed E-state index contributed by atoms with van der Waals surface area (Å²) >= 11 is 1.34. The van der Waals surface area contributed by atoms with Gasteiger partial charge in [0, 0.05) is 43.5 Å². The fourth-order valence-electron chi connectivity index (χ4n) is 2.98. The molecule has 2 aromatic rings. The Kier molecular flexibility index (Phi) is 4.14. The number of hydrogen-bond acceptors (Lipinski definition) is 7. The molecule has 0 saturated carbocycles. The minimum atomic E-state index is -0.342. The van der Waals surface area contributed by atoms with Crippen molar-refractivity contribution in [2.75, 3.05) is 45.1 Å². The zero-order chi connectivity index (χ0) is 17.4. The SMILES string of the molecule is Nc1cc(C2CN(C(=O)N3CCOCC3)C2)nn1C(=O)c1cscn1. The average Bonchev–Trinajstić information content (AvgIpc) is 3.24. The number of anilines is 1. The number of nitrogens with two attached hydrogens (primary N) is 1. The molecular weight excluding hydrogens is 344 g/mol. The van der Waals surface area contributed by atoms with Gasteiger partial charge in [0.15, 0.2) is 0 Å². The third kappa shape index (κ3) is 2.98. The van der Waals surface area contributed by atoms with Gasteiger partial charge in [-0.2, -0.15) is 9.78 Å². The standard InChI is InChI=1S/C15H18N6O3S/c16-13-5-11(18-21(13)14(22)12-8-25-9-17-12)10-6-20(7-10)15(23)19-1-3-24-4-2-19/h5,8-10H,1-4,6-7,16H2. The van der Waals surface area contributed by atoms with Crippen LogP contribution in [0.4, 0.5) is 10.6 Å². The Morgan fingerprint density at radius 2 is 2.00 bits per heavy atom. The quantitative estimate of drug-likeness (QED) is 0.832. The number of ether oxygens (including phenoxy) is 1. The van der Waals surface area contributed by atoms with Gasteiger partial charge >= 0.3 is 6.03 Å². The van der Waals surface area contributed by atoms with Crippen LogP contribution in [-0.4, -0.2) is 75.9 Å². The number of morpholine rings is 1. The largest absolute Gasteiger partial charge is 0.383 e. The van der Waals surface area contributed by atoms with Crippen molar-refractivity contribution in [3.05, 3.63) is 28.3 Å². The van der Waals surface area contributed by atoms with E-state index in [1.807, 2.05) is 0 Å². The zero-order valence-corrected chi connectivity index (χ0v) is 14.3. The molecule has 0 aromatic carbocycles. The summed E-state index contributed by atoms with van der Waals surface area (Å²) in [5.41, 5.74) is 8.57. The third-order valence-corrected chi connectivity index (χ3v) is 5.04. The summed E-state index contributed by atoms with van der Waals surface area (Å²) in [5.74, 6) is 0.0355. The number of nitrogen functional groups attached to an aromatic ring is 1. The van der Waals surface area contributed by atoms with Gasteiger partial charge in [-0.25, -0.2) is 9.78 Å². The Hall–Kier alpha value is -2.46.